The largest absolute Gasteiger partial charge is 0.346 e. The van der Waals surface area contributed by atoms with E-state index in [1.165, 1.54) is 10.3 Å². The minimum atomic E-state index is -0.266. The molecule has 0 aromatic carbocycles. The van der Waals surface area contributed by atoms with Crippen LogP contribution >= 0.6 is 11.3 Å². The summed E-state index contributed by atoms with van der Waals surface area (Å²) in [4.78, 5) is 10.1. The molecule has 0 bridgehead atoms. The molecule has 3 aromatic rings. The van der Waals surface area contributed by atoms with Gasteiger partial charge in [-0.3, -0.25) is 9.97 Å². The van der Waals surface area contributed by atoms with Crippen molar-refractivity contribution in [1.29, 1.82) is 0 Å². The molecular weight excluding hydrogens is 284 g/mol. The molecule has 1 saturated heterocycles. The van der Waals surface area contributed by atoms with Crippen LogP contribution in [0.2, 0.25) is 0 Å². The van der Waals surface area contributed by atoms with E-state index in [-0.39, 0.29) is 6.29 Å². The highest BCUT2D eigenvalue weighted by Crippen LogP contribution is 2.33. The van der Waals surface area contributed by atoms with E-state index in [1.54, 1.807) is 11.3 Å². The second-order valence-corrected chi connectivity index (χ2v) is 6.06. The first-order chi connectivity index (χ1) is 10.3. The van der Waals surface area contributed by atoms with Gasteiger partial charge in [0.25, 0.3) is 0 Å². The van der Waals surface area contributed by atoms with Crippen molar-refractivity contribution >= 4 is 21.6 Å². The number of rotatable bonds is 2. The monoisotopic (exact) mass is 298 g/mol. The average Bonchev–Trinajstić information content (AvgIpc) is 3.18. The van der Waals surface area contributed by atoms with Gasteiger partial charge in [0.1, 0.15) is 0 Å². The van der Waals surface area contributed by atoms with Gasteiger partial charge in [-0.15, -0.1) is 11.3 Å². The van der Waals surface area contributed by atoms with E-state index in [0.29, 0.717) is 13.2 Å². The minimum absolute atomic E-state index is 0.266. The highest BCUT2D eigenvalue weighted by Gasteiger charge is 2.18. The van der Waals surface area contributed by atoms with Gasteiger partial charge in [0.15, 0.2) is 6.29 Å². The van der Waals surface area contributed by atoms with E-state index in [0.717, 1.165) is 21.7 Å². The number of aryl methyl sites for hydroxylation is 1. The Morgan fingerprint density at radius 2 is 2.00 bits per heavy atom. The van der Waals surface area contributed by atoms with Gasteiger partial charge in [-0.2, -0.15) is 0 Å². The third-order valence-electron chi connectivity index (χ3n) is 3.54. The number of fused-ring (bicyclic) bond motifs is 1. The third-order valence-corrected chi connectivity index (χ3v) is 4.82. The molecule has 3 aromatic heterocycles. The number of thiophene rings is 1. The molecule has 0 spiro atoms. The zero-order valence-electron chi connectivity index (χ0n) is 11.6. The standard InChI is InChI=1S/C16H14N2O2S/c1-10-4-5-17-13-8-14(21-15(10)13)12-3-2-11(9-18-12)16-19-6-7-20-16/h2-5,8-9,16H,6-7H2,1H3. The lowest BCUT2D eigenvalue weighted by Gasteiger charge is -2.08. The zero-order chi connectivity index (χ0) is 14.2. The lowest BCUT2D eigenvalue weighted by Crippen LogP contribution is -1.98. The molecule has 0 amide bonds. The van der Waals surface area contributed by atoms with Gasteiger partial charge in [-0.25, -0.2) is 0 Å². The molecule has 0 atom stereocenters. The van der Waals surface area contributed by atoms with Crippen molar-refractivity contribution in [3.8, 4) is 10.6 Å². The van der Waals surface area contributed by atoms with Crippen molar-refractivity contribution in [3.63, 3.8) is 0 Å². The van der Waals surface area contributed by atoms with Crippen LogP contribution in [0.25, 0.3) is 20.8 Å². The second-order valence-electron chi connectivity index (χ2n) is 5.00. The summed E-state index contributed by atoms with van der Waals surface area (Å²) < 4.78 is 12.2. The summed E-state index contributed by atoms with van der Waals surface area (Å²) in [6.07, 6.45) is 3.41. The summed E-state index contributed by atoms with van der Waals surface area (Å²) in [7, 11) is 0. The molecular formula is C16H14N2O2S. The first kappa shape index (κ1) is 12.9. The predicted octanol–water partition coefficient (Wildman–Crippen LogP) is 3.71. The second kappa shape index (κ2) is 5.18. The fourth-order valence-corrected chi connectivity index (χ4v) is 3.49. The van der Waals surface area contributed by atoms with Crippen LogP contribution in [-0.4, -0.2) is 23.2 Å². The first-order valence-electron chi connectivity index (χ1n) is 6.86. The molecule has 0 N–H and O–H groups in total. The summed E-state index contributed by atoms with van der Waals surface area (Å²) in [5.74, 6) is 0. The van der Waals surface area contributed by atoms with Crippen molar-refractivity contribution in [3.05, 3.63) is 47.8 Å². The van der Waals surface area contributed by atoms with E-state index in [9.17, 15) is 0 Å². The smallest absolute Gasteiger partial charge is 0.185 e. The molecule has 0 radical (unpaired) electrons. The summed E-state index contributed by atoms with van der Waals surface area (Å²) in [5.41, 5.74) is 4.20. The Bertz CT molecular complexity index is 777. The molecule has 1 aliphatic heterocycles. The maximum Gasteiger partial charge on any atom is 0.185 e. The Balaban J connectivity index is 1.69. The van der Waals surface area contributed by atoms with Crippen LogP contribution < -0.4 is 0 Å². The highest BCUT2D eigenvalue weighted by atomic mass is 32.1. The van der Waals surface area contributed by atoms with Crippen LogP contribution in [0.5, 0.6) is 0 Å². The number of ether oxygens (including phenoxy) is 2. The van der Waals surface area contributed by atoms with Crippen LogP contribution in [0.3, 0.4) is 0 Å². The minimum Gasteiger partial charge on any atom is -0.346 e. The number of aromatic nitrogens is 2. The van der Waals surface area contributed by atoms with Crippen molar-refractivity contribution in [1.82, 2.24) is 9.97 Å². The van der Waals surface area contributed by atoms with Gasteiger partial charge < -0.3 is 9.47 Å². The predicted molar refractivity (Wildman–Crippen MR) is 82.2 cm³/mol. The lowest BCUT2D eigenvalue weighted by molar-refractivity contribution is -0.0443. The van der Waals surface area contributed by atoms with Gasteiger partial charge >= 0.3 is 0 Å². The Morgan fingerprint density at radius 1 is 1.14 bits per heavy atom. The molecule has 4 rings (SSSR count). The van der Waals surface area contributed by atoms with Gasteiger partial charge in [-0.05, 0) is 30.7 Å². The Labute approximate surface area is 126 Å². The van der Waals surface area contributed by atoms with Gasteiger partial charge in [-0.1, -0.05) is 6.07 Å². The topological polar surface area (TPSA) is 44.2 Å². The first-order valence-corrected chi connectivity index (χ1v) is 7.67. The third kappa shape index (κ3) is 2.33. The molecule has 4 nitrogen and oxygen atoms in total. The zero-order valence-corrected chi connectivity index (χ0v) is 12.4. The molecule has 0 unspecified atom stereocenters. The van der Waals surface area contributed by atoms with E-state index < -0.39 is 0 Å². The molecule has 0 saturated carbocycles. The lowest BCUT2D eigenvalue weighted by atomic mass is 10.2. The molecule has 106 valence electrons. The highest BCUT2D eigenvalue weighted by molar-refractivity contribution is 7.22. The molecule has 4 heterocycles. The number of hydrogen-bond donors (Lipinski definition) is 0. The fraction of sp³-hybridized carbons (Fsp3) is 0.250. The average molecular weight is 298 g/mol. The maximum absolute atomic E-state index is 5.48. The Hall–Kier alpha value is -1.82. The quantitative estimate of drug-likeness (QED) is 0.723. The van der Waals surface area contributed by atoms with Gasteiger partial charge in [0, 0.05) is 18.0 Å². The Morgan fingerprint density at radius 3 is 2.71 bits per heavy atom. The van der Waals surface area contributed by atoms with Crippen molar-refractivity contribution in [2.45, 2.75) is 13.2 Å². The van der Waals surface area contributed by atoms with Gasteiger partial charge in [0.2, 0.25) is 0 Å². The Kier molecular flexibility index (Phi) is 3.18. The SMILES string of the molecule is Cc1ccnc2cc(-c3ccc(C4OCCO4)cn3)sc12. The van der Waals surface area contributed by atoms with Crippen LogP contribution in [0.1, 0.15) is 17.4 Å². The van der Waals surface area contributed by atoms with E-state index >= 15 is 0 Å². The molecule has 0 aliphatic carbocycles. The summed E-state index contributed by atoms with van der Waals surface area (Å²) in [6.45, 7) is 3.40. The van der Waals surface area contributed by atoms with Crippen LogP contribution in [0.4, 0.5) is 0 Å². The summed E-state index contributed by atoms with van der Waals surface area (Å²) >= 11 is 1.73. The summed E-state index contributed by atoms with van der Waals surface area (Å²) in [6, 6.07) is 8.16. The maximum atomic E-state index is 5.48. The van der Waals surface area contributed by atoms with Crippen LogP contribution in [0.15, 0.2) is 36.7 Å². The number of hydrogen-bond acceptors (Lipinski definition) is 5. The van der Waals surface area contributed by atoms with E-state index in [2.05, 4.69) is 23.0 Å². The van der Waals surface area contributed by atoms with Crippen molar-refractivity contribution in [2.75, 3.05) is 13.2 Å². The number of pyridine rings is 2. The normalized spacial score (nSPS) is 15.9. The summed E-state index contributed by atoms with van der Waals surface area (Å²) in [5, 5.41) is 0. The molecule has 21 heavy (non-hydrogen) atoms. The molecule has 5 heteroatoms. The fourth-order valence-electron chi connectivity index (χ4n) is 2.43. The van der Waals surface area contributed by atoms with Crippen molar-refractivity contribution < 1.29 is 9.47 Å². The van der Waals surface area contributed by atoms with Crippen LogP contribution in [-0.2, 0) is 9.47 Å². The number of nitrogens with zero attached hydrogens (tertiary/aromatic N) is 2. The van der Waals surface area contributed by atoms with E-state index in [4.69, 9.17) is 9.47 Å². The van der Waals surface area contributed by atoms with Crippen molar-refractivity contribution in [2.24, 2.45) is 0 Å². The van der Waals surface area contributed by atoms with Crippen LogP contribution in [0, 0.1) is 6.92 Å². The van der Waals surface area contributed by atoms with E-state index in [1.807, 2.05) is 30.6 Å². The molecule has 1 fully saturated rings. The molecule has 1 aliphatic rings. The van der Waals surface area contributed by atoms with Gasteiger partial charge in [0.05, 0.1) is 34.0 Å².